The van der Waals surface area contributed by atoms with E-state index >= 15 is 0 Å². The number of fused-ring (bicyclic) bond motifs is 1. The Morgan fingerprint density at radius 2 is 1.86 bits per heavy atom. The van der Waals surface area contributed by atoms with Crippen molar-refractivity contribution >= 4 is 45.2 Å². The summed E-state index contributed by atoms with van der Waals surface area (Å²) in [6.45, 7) is 0. The molecule has 106 valence electrons. The number of aromatic nitrogens is 2. The predicted molar refractivity (Wildman–Crippen MR) is 80.3 cm³/mol. The van der Waals surface area contributed by atoms with Gasteiger partial charge in [-0.25, -0.2) is 4.98 Å². The van der Waals surface area contributed by atoms with Gasteiger partial charge in [0.2, 0.25) is 5.95 Å². The highest BCUT2D eigenvalue weighted by atomic mass is 79.9. The van der Waals surface area contributed by atoms with Gasteiger partial charge in [-0.15, -0.1) is 0 Å². The molecule has 7 nitrogen and oxygen atoms in total. The summed E-state index contributed by atoms with van der Waals surface area (Å²) in [5.74, 6) is -0.0173. The Labute approximate surface area is 128 Å². The van der Waals surface area contributed by atoms with Crippen LogP contribution in [0, 0.1) is 0 Å². The second-order valence-corrected chi connectivity index (χ2v) is 5.31. The van der Waals surface area contributed by atoms with Gasteiger partial charge in [-0.2, -0.15) is 4.98 Å². The summed E-state index contributed by atoms with van der Waals surface area (Å²) in [5, 5.41) is 2.95. The van der Waals surface area contributed by atoms with E-state index in [1.54, 1.807) is 24.3 Å². The van der Waals surface area contributed by atoms with Crippen LogP contribution in [0.15, 0.2) is 28.9 Å². The average molecular weight is 348 g/mol. The molecule has 0 spiro atoms. The number of nitrogens with zero attached hydrogens (tertiary/aromatic N) is 3. The van der Waals surface area contributed by atoms with Gasteiger partial charge in [-0.1, -0.05) is 0 Å². The number of hydrogen-bond acceptors (Lipinski definition) is 6. The SMILES string of the molecule is CN1C(=O)c2ccc(Nc3nc(N)cc(Br)n3)cc2C1=O. The van der Waals surface area contributed by atoms with Crippen LogP contribution in [0.1, 0.15) is 20.7 Å². The molecule has 2 heterocycles. The lowest BCUT2D eigenvalue weighted by molar-refractivity contribution is 0.0693. The highest BCUT2D eigenvalue weighted by Crippen LogP contribution is 2.26. The number of imide groups is 1. The van der Waals surface area contributed by atoms with Crippen LogP contribution in [0.3, 0.4) is 0 Å². The first kappa shape index (κ1) is 13.5. The van der Waals surface area contributed by atoms with Crippen LogP contribution in [-0.4, -0.2) is 33.7 Å². The fourth-order valence-electron chi connectivity index (χ4n) is 2.06. The minimum atomic E-state index is -0.326. The van der Waals surface area contributed by atoms with Crippen molar-refractivity contribution in [2.45, 2.75) is 0 Å². The normalized spacial score (nSPS) is 13.5. The molecule has 1 aliphatic rings. The monoisotopic (exact) mass is 347 g/mol. The summed E-state index contributed by atoms with van der Waals surface area (Å²) >= 11 is 3.22. The number of halogens is 1. The molecule has 3 rings (SSSR count). The van der Waals surface area contributed by atoms with Crippen LogP contribution in [0.25, 0.3) is 0 Å². The molecule has 2 amide bonds. The Morgan fingerprint density at radius 1 is 1.14 bits per heavy atom. The zero-order valence-corrected chi connectivity index (χ0v) is 12.5. The van der Waals surface area contributed by atoms with Crippen LogP contribution in [0.4, 0.5) is 17.5 Å². The Bertz CT molecular complexity index is 757. The third-order valence-electron chi connectivity index (χ3n) is 3.06. The molecule has 8 heteroatoms. The third-order valence-corrected chi connectivity index (χ3v) is 3.47. The van der Waals surface area contributed by atoms with Crippen LogP contribution >= 0.6 is 15.9 Å². The lowest BCUT2D eigenvalue weighted by Crippen LogP contribution is -2.24. The topological polar surface area (TPSA) is 101 Å². The molecular formula is C13H10BrN5O2. The highest BCUT2D eigenvalue weighted by molar-refractivity contribution is 9.10. The molecule has 0 fully saturated rings. The van der Waals surface area contributed by atoms with E-state index in [0.29, 0.717) is 33.2 Å². The number of nitrogens with one attached hydrogen (secondary N) is 1. The van der Waals surface area contributed by atoms with E-state index < -0.39 is 0 Å². The minimum absolute atomic E-state index is 0.298. The zero-order valence-electron chi connectivity index (χ0n) is 10.9. The van der Waals surface area contributed by atoms with Crippen molar-refractivity contribution in [1.29, 1.82) is 0 Å². The fourth-order valence-corrected chi connectivity index (χ4v) is 2.46. The first-order valence-electron chi connectivity index (χ1n) is 5.99. The Hall–Kier alpha value is -2.48. The molecule has 0 bridgehead atoms. The number of benzene rings is 1. The van der Waals surface area contributed by atoms with Crippen molar-refractivity contribution in [3.63, 3.8) is 0 Å². The first-order chi connectivity index (χ1) is 9.95. The van der Waals surface area contributed by atoms with Gasteiger partial charge in [0.1, 0.15) is 10.4 Å². The fraction of sp³-hybridized carbons (Fsp3) is 0.0769. The molecule has 1 aromatic heterocycles. The summed E-state index contributed by atoms with van der Waals surface area (Å²) in [4.78, 5) is 33.0. The van der Waals surface area contributed by atoms with Crippen molar-refractivity contribution in [2.75, 3.05) is 18.1 Å². The van der Waals surface area contributed by atoms with Crippen molar-refractivity contribution in [3.05, 3.63) is 40.0 Å². The Balaban J connectivity index is 1.95. The van der Waals surface area contributed by atoms with Gasteiger partial charge in [0.25, 0.3) is 11.8 Å². The standard InChI is InChI=1S/C13H10BrN5O2/c1-19-11(20)7-3-2-6(4-8(7)12(19)21)16-13-17-9(14)5-10(15)18-13/h2-5H,1H3,(H3,15,16,17,18). The number of anilines is 3. The van der Waals surface area contributed by atoms with E-state index in [-0.39, 0.29) is 11.8 Å². The second kappa shape index (κ2) is 4.81. The highest BCUT2D eigenvalue weighted by Gasteiger charge is 2.32. The van der Waals surface area contributed by atoms with Crippen LogP contribution in [-0.2, 0) is 0 Å². The lowest BCUT2D eigenvalue weighted by atomic mass is 10.1. The number of rotatable bonds is 2. The molecule has 0 unspecified atom stereocenters. The number of carbonyl (C=O) groups excluding carboxylic acids is 2. The molecule has 0 aliphatic carbocycles. The third kappa shape index (κ3) is 2.33. The quantitative estimate of drug-likeness (QED) is 0.634. The van der Waals surface area contributed by atoms with Gasteiger partial charge in [0.15, 0.2) is 0 Å². The predicted octanol–water partition coefficient (Wildman–Crippen LogP) is 1.79. The maximum absolute atomic E-state index is 11.9. The maximum Gasteiger partial charge on any atom is 0.261 e. The van der Waals surface area contributed by atoms with E-state index in [1.807, 2.05) is 0 Å². The lowest BCUT2D eigenvalue weighted by Gasteiger charge is -2.06. The zero-order chi connectivity index (χ0) is 15.1. The van der Waals surface area contributed by atoms with E-state index in [1.165, 1.54) is 7.05 Å². The summed E-state index contributed by atoms with van der Waals surface area (Å²) < 4.78 is 0.546. The van der Waals surface area contributed by atoms with E-state index in [9.17, 15) is 9.59 Å². The van der Waals surface area contributed by atoms with E-state index in [4.69, 9.17) is 5.73 Å². The summed E-state index contributed by atoms with van der Waals surface area (Å²) in [6, 6.07) is 6.46. The van der Waals surface area contributed by atoms with Crippen molar-refractivity contribution in [3.8, 4) is 0 Å². The van der Waals surface area contributed by atoms with Gasteiger partial charge in [-0.05, 0) is 34.1 Å². The Kier molecular flexibility index (Phi) is 3.09. The number of amides is 2. The van der Waals surface area contributed by atoms with Gasteiger partial charge >= 0.3 is 0 Å². The molecule has 0 radical (unpaired) electrons. The molecule has 3 N–H and O–H groups in total. The largest absolute Gasteiger partial charge is 0.383 e. The number of nitrogens with two attached hydrogens (primary N) is 1. The number of nitrogen functional groups attached to an aromatic ring is 1. The van der Waals surface area contributed by atoms with E-state index in [2.05, 4.69) is 31.2 Å². The summed E-state index contributed by atoms with van der Waals surface area (Å²) in [7, 11) is 1.45. The van der Waals surface area contributed by atoms with E-state index in [0.717, 1.165) is 4.90 Å². The first-order valence-corrected chi connectivity index (χ1v) is 6.78. The number of carbonyl (C=O) groups is 2. The molecule has 2 aromatic rings. The van der Waals surface area contributed by atoms with Crippen molar-refractivity contribution in [2.24, 2.45) is 0 Å². The molecule has 21 heavy (non-hydrogen) atoms. The smallest absolute Gasteiger partial charge is 0.261 e. The molecular weight excluding hydrogens is 338 g/mol. The average Bonchev–Trinajstić information content (AvgIpc) is 2.63. The van der Waals surface area contributed by atoms with Crippen LogP contribution in [0.2, 0.25) is 0 Å². The molecule has 0 atom stereocenters. The van der Waals surface area contributed by atoms with Crippen LogP contribution < -0.4 is 11.1 Å². The van der Waals surface area contributed by atoms with Gasteiger partial charge in [0.05, 0.1) is 11.1 Å². The molecule has 1 aromatic carbocycles. The maximum atomic E-state index is 11.9. The van der Waals surface area contributed by atoms with Gasteiger partial charge < -0.3 is 11.1 Å². The minimum Gasteiger partial charge on any atom is -0.383 e. The van der Waals surface area contributed by atoms with Crippen molar-refractivity contribution in [1.82, 2.24) is 14.9 Å². The van der Waals surface area contributed by atoms with Crippen molar-refractivity contribution < 1.29 is 9.59 Å². The second-order valence-electron chi connectivity index (χ2n) is 4.49. The molecule has 0 saturated heterocycles. The Morgan fingerprint density at radius 3 is 2.57 bits per heavy atom. The summed E-state index contributed by atoms with van der Waals surface area (Å²) in [6.07, 6.45) is 0. The number of hydrogen-bond donors (Lipinski definition) is 2. The molecule has 1 aliphatic heterocycles. The summed E-state index contributed by atoms with van der Waals surface area (Å²) in [5.41, 5.74) is 6.98. The van der Waals surface area contributed by atoms with Crippen LogP contribution in [0.5, 0.6) is 0 Å². The van der Waals surface area contributed by atoms with Gasteiger partial charge in [-0.3, -0.25) is 14.5 Å². The molecule has 0 saturated carbocycles. The van der Waals surface area contributed by atoms with Gasteiger partial charge in [0, 0.05) is 18.8 Å².